The minimum absolute atomic E-state index is 0.0377. The molecule has 3 heteroatoms. The zero-order chi connectivity index (χ0) is 11.2. The van der Waals surface area contributed by atoms with Crippen LogP contribution in [0.3, 0.4) is 0 Å². The zero-order valence-corrected chi connectivity index (χ0v) is 10.0. The Balaban J connectivity index is 3.75. The van der Waals surface area contributed by atoms with Gasteiger partial charge in [-0.15, -0.1) is 0 Å². The summed E-state index contributed by atoms with van der Waals surface area (Å²) < 4.78 is 5.33. The van der Waals surface area contributed by atoms with E-state index in [4.69, 9.17) is 9.94 Å². The van der Waals surface area contributed by atoms with Crippen LogP contribution < -0.4 is 0 Å². The number of oxime groups is 1. The van der Waals surface area contributed by atoms with Gasteiger partial charge >= 0.3 is 0 Å². The topological polar surface area (TPSA) is 41.8 Å². The molecule has 0 saturated heterocycles. The normalized spacial score (nSPS) is 15.6. The van der Waals surface area contributed by atoms with Crippen molar-refractivity contribution in [1.82, 2.24) is 0 Å². The molecule has 0 aromatic heterocycles. The van der Waals surface area contributed by atoms with Gasteiger partial charge in [0.1, 0.15) is 0 Å². The molecule has 0 saturated carbocycles. The highest BCUT2D eigenvalue weighted by Crippen LogP contribution is 2.19. The van der Waals surface area contributed by atoms with Crippen molar-refractivity contribution in [2.75, 3.05) is 7.11 Å². The highest BCUT2D eigenvalue weighted by Gasteiger charge is 2.16. The third kappa shape index (κ3) is 5.22. The molecule has 0 aliphatic rings. The monoisotopic (exact) mass is 201 g/mol. The Labute approximate surface area is 87.1 Å². The van der Waals surface area contributed by atoms with E-state index in [9.17, 15) is 0 Å². The van der Waals surface area contributed by atoms with Crippen molar-refractivity contribution in [3.8, 4) is 0 Å². The SMILES string of the molecule is COC(C)(C)CCC[C@@H](C)/C(C)=N\O. The van der Waals surface area contributed by atoms with Crippen molar-refractivity contribution in [2.24, 2.45) is 11.1 Å². The van der Waals surface area contributed by atoms with Crippen molar-refractivity contribution in [3.05, 3.63) is 0 Å². The molecular weight excluding hydrogens is 178 g/mol. The highest BCUT2D eigenvalue weighted by molar-refractivity contribution is 5.83. The predicted octanol–water partition coefficient (Wildman–Crippen LogP) is 3.07. The molecule has 0 unspecified atom stereocenters. The number of hydrogen-bond acceptors (Lipinski definition) is 3. The molecule has 0 amide bonds. The van der Waals surface area contributed by atoms with E-state index in [2.05, 4.69) is 25.9 Å². The van der Waals surface area contributed by atoms with E-state index in [1.807, 2.05) is 6.92 Å². The predicted molar refractivity (Wildman–Crippen MR) is 59.0 cm³/mol. The van der Waals surface area contributed by atoms with Crippen LogP contribution in [-0.4, -0.2) is 23.6 Å². The van der Waals surface area contributed by atoms with Gasteiger partial charge in [-0.05, 0) is 46.0 Å². The van der Waals surface area contributed by atoms with Gasteiger partial charge in [-0.25, -0.2) is 0 Å². The van der Waals surface area contributed by atoms with Crippen LogP contribution in [0.15, 0.2) is 5.16 Å². The van der Waals surface area contributed by atoms with Crippen LogP contribution in [0.25, 0.3) is 0 Å². The molecule has 0 aromatic carbocycles. The molecule has 0 aliphatic carbocycles. The standard InChI is InChI=1S/C11H23NO2/c1-9(10(2)12-13)7-6-8-11(3,4)14-5/h9,13H,6-8H2,1-5H3/b12-10-/t9-/m1/s1. The molecule has 0 bridgehead atoms. The van der Waals surface area contributed by atoms with Crippen molar-refractivity contribution in [3.63, 3.8) is 0 Å². The molecule has 1 N–H and O–H groups in total. The largest absolute Gasteiger partial charge is 0.411 e. The molecule has 0 fully saturated rings. The lowest BCUT2D eigenvalue weighted by molar-refractivity contribution is 0.0131. The van der Waals surface area contributed by atoms with Gasteiger partial charge in [0.05, 0.1) is 11.3 Å². The van der Waals surface area contributed by atoms with E-state index in [1.54, 1.807) is 7.11 Å². The lowest BCUT2D eigenvalue weighted by Gasteiger charge is -2.23. The van der Waals surface area contributed by atoms with Gasteiger partial charge in [-0.3, -0.25) is 0 Å². The van der Waals surface area contributed by atoms with Gasteiger partial charge in [0.25, 0.3) is 0 Å². The number of hydrogen-bond donors (Lipinski definition) is 1. The van der Waals surface area contributed by atoms with Crippen LogP contribution in [-0.2, 0) is 4.74 Å². The Hall–Kier alpha value is -0.570. The first-order valence-electron chi connectivity index (χ1n) is 5.16. The summed E-state index contributed by atoms with van der Waals surface area (Å²) in [5.41, 5.74) is 0.768. The van der Waals surface area contributed by atoms with Crippen molar-refractivity contribution >= 4 is 5.71 Å². The molecule has 3 nitrogen and oxygen atoms in total. The molecule has 84 valence electrons. The first kappa shape index (κ1) is 13.4. The second-order valence-corrected chi connectivity index (χ2v) is 4.50. The average Bonchev–Trinajstić information content (AvgIpc) is 2.16. The maximum atomic E-state index is 8.57. The van der Waals surface area contributed by atoms with E-state index in [-0.39, 0.29) is 5.60 Å². The molecular formula is C11H23NO2. The second kappa shape index (κ2) is 6.02. The van der Waals surface area contributed by atoms with Crippen LogP contribution in [0.2, 0.25) is 0 Å². The molecule has 0 aromatic rings. The Bertz CT molecular complexity index is 188. The number of ether oxygens (including phenoxy) is 1. The fourth-order valence-electron chi connectivity index (χ4n) is 1.24. The van der Waals surface area contributed by atoms with E-state index in [0.717, 1.165) is 25.0 Å². The highest BCUT2D eigenvalue weighted by atomic mass is 16.5. The molecule has 0 heterocycles. The van der Waals surface area contributed by atoms with Crippen LogP contribution in [0, 0.1) is 5.92 Å². The zero-order valence-electron chi connectivity index (χ0n) is 10.0. The average molecular weight is 201 g/mol. The van der Waals surface area contributed by atoms with Crippen molar-refractivity contribution in [1.29, 1.82) is 0 Å². The van der Waals surface area contributed by atoms with Crippen LogP contribution in [0.1, 0.15) is 47.0 Å². The molecule has 1 atom stereocenters. The molecule has 0 spiro atoms. The molecule has 14 heavy (non-hydrogen) atoms. The third-order valence-electron chi connectivity index (χ3n) is 2.84. The van der Waals surface area contributed by atoms with E-state index < -0.39 is 0 Å². The van der Waals surface area contributed by atoms with E-state index in [1.165, 1.54) is 0 Å². The smallest absolute Gasteiger partial charge is 0.0622 e. The first-order chi connectivity index (χ1) is 6.43. The number of nitrogens with zero attached hydrogens (tertiary/aromatic N) is 1. The van der Waals surface area contributed by atoms with E-state index >= 15 is 0 Å². The van der Waals surface area contributed by atoms with Crippen molar-refractivity contribution < 1.29 is 9.94 Å². The fourth-order valence-corrected chi connectivity index (χ4v) is 1.24. The fraction of sp³-hybridized carbons (Fsp3) is 0.909. The van der Waals surface area contributed by atoms with Gasteiger partial charge < -0.3 is 9.94 Å². The Morgan fingerprint density at radius 1 is 1.50 bits per heavy atom. The van der Waals surface area contributed by atoms with Gasteiger partial charge in [0, 0.05) is 7.11 Å². The van der Waals surface area contributed by atoms with Gasteiger partial charge in [0.15, 0.2) is 0 Å². The summed E-state index contributed by atoms with van der Waals surface area (Å²) in [5.74, 6) is 0.354. The Morgan fingerprint density at radius 2 is 2.07 bits per heavy atom. The van der Waals surface area contributed by atoms with Crippen molar-refractivity contribution in [2.45, 2.75) is 52.6 Å². The maximum Gasteiger partial charge on any atom is 0.0622 e. The second-order valence-electron chi connectivity index (χ2n) is 4.50. The summed E-state index contributed by atoms with van der Waals surface area (Å²) in [5, 5.41) is 11.8. The van der Waals surface area contributed by atoms with Crippen LogP contribution in [0.5, 0.6) is 0 Å². The lowest BCUT2D eigenvalue weighted by Crippen LogP contribution is -2.22. The quantitative estimate of drug-likeness (QED) is 0.407. The van der Waals surface area contributed by atoms with Gasteiger partial charge in [-0.2, -0.15) is 0 Å². The third-order valence-corrected chi connectivity index (χ3v) is 2.84. The summed E-state index contributed by atoms with van der Waals surface area (Å²) in [6.45, 7) is 8.11. The Kier molecular flexibility index (Phi) is 5.77. The summed E-state index contributed by atoms with van der Waals surface area (Å²) in [7, 11) is 1.74. The Morgan fingerprint density at radius 3 is 2.50 bits per heavy atom. The molecule has 0 radical (unpaired) electrons. The minimum atomic E-state index is -0.0377. The van der Waals surface area contributed by atoms with Gasteiger partial charge in [0.2, 0.25) is 0 Å². The maximum absolute atomic E-state index is 8.57. The van der Waals surface area contributed by atoms with Crippen LogP contribution in [0.4, 0.5) is 0 Å². The molecule has 0 aliphatic heterocycles. The first-order valence-corrected chi connectivity index (χ1v) is 5.16. The van der Waals surface area contributed by atoms with E-state index in [0.29, 0.717) is 5.92 Å². The van der Waals surface area contributed by atoms with Gasteiger partial charge in [-0.1, -0.05) is 12.1 Å². The lowest BCUT2D eigenvalue weighted by atomic mass is 9.94. The number of methoxy groups -OCH3 is 1. The van der Waals surface area contributed by atoms with Crippen LogP contribution >= 0.6 is 0 Å². The summed E-state index contributed by atoms with van der Waals surface area (Å²) in [6, 6.07) is 0. The summed E-state index contributed by atoms with van der Waals surface area (Å²) in [4.78, 5) is 0. The minimum Gasteiger partial charge on any atom is -0.411 e. The number of rotatable bonds is 6. The summed E-state index contributed by atoms with van der Waals surface area (Å²) in [6.07, 6.45) is 3.17. The summed E-state index contributed by atoms with van der Waals surface area (Å²) >= 11 is 0. The molecule has 0 rings (SSSR count).